The molecule has 1 saturated heterocycles. The quantitative estimate of drug-likeness (QED) is 0.833. The maximum absolute atomic E-state index is 14.1. The largest absolute Gasteiger partial charge is 0.573 e. The second-order valence-electron chi connectivity index (χ2n) is 4.73. The normalized spacial score (nSPS) is 19.7. The van der Waals surface area contributed by atoms with Crippen LogP contribution in [0.4, 0.5) is 17.6 Å². The van der Waals surface area contributed by atoms with Gasteiger partial charge in [-0.15, -0.1) is 13.2 Å². The van der Waals surface area contributed by atoms with E-state index in [1.807, 2.05) is 0 Å². The fourth-order valence-corrected chi connectivity index (χ4v) is 4.02. The summed E-state index contributed by atoms with van der Waals surface area (Å²) in [7, 11) is -4.61. The number of nitrogens with zero attached hydrogens (tertiary/aromatic N) is 1. The van der Waals surface area contributed by atoms with Crippen LogP contribution in [0.3, 0.4) is 0 Å². The lowest BCUT2D eigenvalue weighted by Gasteiger charge is -2.21. The molecule has 0 saturated carbocycles. The number of benzene rings is 1. The Kier molecular flexibility index (Phi) is 4.53. The Hall–Kier alpha value is -1.88. The number of rotatable bonds is 4. The SMILES string of the molecule is O=C(O)C1CCCN1S(=O)(=O)c1cccc(OC(F)(F)F)c1F. The van der Waals surface area contributed by atoms with Gasteiger partial charge in [0.2, 0.25) is 10.0 Å². The Labute approximate surface area is 128 Å². The predicted molar refractivity (Wildman–Crippen MR) is 67.6 cm³/mol. The average molecular weight is 357 g/mol. The van der Waals surface area contributed by atoms with Crippen LogP contribution in [0.1, 0.15) is 12.8 Å². The summed E-state index contributed by atoms with van der Waals surface area (Å²) in [5, 5.41) is 9.00. The monoisotopic (exact) mass is 357 g/mol. The van der Waals surface area contributed by atoms with Crippen molar-refractivity contribution in [3.8, 4) is 5.75 Å². The van der Waals surface area contributed by atoms with E-state index in [2.05, 4.69) is 4.74 Å². The molecule has 1 aromatic carbocycles. The van der Waals surface area contributed by atoms with E-state index >= 15 is 0 Å². The molecule has 0 aromatic heterocycles. The Bertz CT molecular complexity index is 719. The van der Waals surface area contributed by atoms with Gasteiger partial charge in [-0.1, -0.05) is 6.07 Å². The minimum absolute atomic E-state index is 0.0366. The number of sulfonamides is 1. The topological polar surface area (TPSA) is 83.9 Å². The van der Waals surface area contributed by atoms with E-state index in [0.717, 1.165) is 12.1 Å². The van der Waals surface area contributed by atoms with Gasteiger partial charge in [-0.05, 0) is 25.0 Å². The zero-order chi connectivity index (χ0) is 17.4. The van der Waals surface area contributed by atoms with Gasteiger partial charge in [-0.2, -0.15) is 4.31 Å². The highest BCUT2D eigenvalue weighted by molar-refractivity contribution is 7.89. The molecule has 1 aromatic rings. The van der Waals surface area contributed by atoms with Gasteiger partial charge < -0.3 is 9.84 Å². The Balaban J connectivity index is 2.45. The molecule has 0 aliphatic carbocycles. The number of carbonyl (C=O) groups is 1. The number of carboxylic acids is 1. The van der Waals surface area contributed by atoms with Gasteiger partial charge in [0.05, 0.1) is 0 Å². The number of alkyl halides is 3. The molecule has 1 unspecified atom stereocenters. The minimum Gasteiger partial charge on any atom is -0.480 e. The van der Waals surface area contributed by atoms with Crippen LogP contribution < -0.4 is 4.74 Å². The highest BCUT2D eigenvalue weighted by Crippen LogP contribution is 2.33. The standard InChI is InChI=1S/C12H11F4NO5S/c13-10-8(22-12(14,15)16)4-1-5-9(10)23(20,21)17-6-2-3-7(17)11(18)19/h1,4-5,7H,2-3,6H2,(H,18,19). The van der Waals surface area contributed by atoms with E-state index < -0.39 is 44.9 Å². The van der Waals surface area contributed by atoms with E-state index in [9.17, 15) is 30.8 Å². The van der Waals surface area contributed by atoms with Crippen molar-refractivity contribution in [2.24, 2.45) is 0 Å². The zero-order valence-electron chi connectivity index (χ0n) is 11.4. The van der Waals surface area contributed by atoms with Crippen molar-refractivity contribution in [1.82, 2.24) is 4.31 Å². The summed E-state index contributed by atoms with van der Waals surface area (Å²) in [6, 6.07) is 0.876. The molecule has 1 atom stereocenters. The molecule has 1 aliphatic rings. The second-order valence-corrected chi connectivity index (χ2v) is 6.59. The lowest BCUT2D eigenvalue weighted by Crippen LogP contribution is -2.40. The first-order chi connectivity index (χ1) is 10.5. The van der Waals surface area contributed by atoms with Crippen LogP contribution in [0.5, 0.6) is 5.75 Å². The third-order valence-corrected chi connectivity index (χ3v) is 5.15. The third-order valence-electron chi connectivity index (χ3n) is 3.23. The summed E-state index contributed by atoms with van der Waals surface area (Å²) in [5.74, 6) is -4.43. The number of hydrogen-bond acceptors (Lipinski definition) is 4. The maximum atomic E-state index is 14.1. The van der Waals surface area contributed by atoms with Gasteiger partial charge in [0.1, 0.15) is 10.9 Å². The molecule has 23 heavy (non-hydrogen) atoms. The van der Waals surface area contributed by atoms with Crippen molar-refractivity contribution in [3.05, 3.63) is 24.0 Å². The van der Waals surface area contributed by atoms with E-state index in [4.69, 9.17) is 5.11 Å². The lowest BCUT2D eigenvalue weighted by atomic mass is 10.2. The van der Waals surface area contributed by atoms with Gasteiger partial charge in [0.25, 0.3) is 0 Å². The van der Waals surface area contributed by atoms with E-state index in [1.54, 1.807) is 0 Å². The van der Waals surface area contributed by atoms with Crippen LogP contribution in [-0.4, -0.2) is 42.7 Å². The molecule has 11 heteroatoms. The van der Waals surface area contributed by atoms with Crippen molar-refractivity contribution in [2.75, 3.05) is 6.54 Å². The Morgan fingerprint density at radius 3 is 2.57 bits per heavy atom. The molecule has 0 spiro atoms. The molecule has 128 valence electrons. The Morgan fingerprint density at radius 1 is 1.35 bits per heavy atom. The fourth-order valence-electron chi connectivity index (χ4n) is 2.29. The number of carboxylic acid groups (broad SMARTS) is 1. The van der Waals surface area contributed by atoms with Crippen molar-refractivity contribution in [2.45, 2.75) is 30.1 Å². The Morgan fingerprint density at radius 2 is 2.00 bits per heavy atom. The zero-order valence-corrected chi connectivity index (χ0v) is 12.2. The molecule has 1 N–H and O–H groups in total. The third kappa shape index (κ3) is 3.55. The molecule has 6 nitrogen and oxygen atoms in total. The molecule has 0 bridgehead atoms. The van der Waals surface area contributed by atoms with Crippen molar-refractivity contribution in [3.63, 3.8) is 0 Å². The molecule has 0 radical (unpaired) electrons. The molecule has 2 rings (SSSR count). The molecule has 1 heterocycles. The number of aliphatic carboxylic acids is 1. The van der Waals surface area contributed by atoms with E-state index in [1.165, 1.54) is 0 Å². The van der Waals surface area contributed by atoms with E-state index in [0.29, 0.717) is 10.4 Å². The van der Waals surface area contributed by atoms with Gasteiger partial charge in [-0.3, -0.25) is 4.79 Å². The minimum atomic E-state index is -5.19. The summed E-state index contributed by atoms with van der Waals surface area (Å²) in [4.78, 5) is 9.99. The van der Waals surface area contributed by atoms with Gasteiger partial charge in [-0.25, -0.2) is 12.8 Å². The first-order valence-corrected chi connectivity index (χ1v) is 7.77. The highest BCUT2D eigenvalue weighted by Gasteiger charge is 2.41. The smallest absolute Gasteiger partial charge is 0.480 e. The van der Waals surface area contributed by atoms with Crippen LogP contribution in [0.15, 0.2) is 23.1 Å². The average Bonchev–Trinajstić information content (AvgIpc) is 2.89. The number of ether oxygens (including phenoxy) is 1. The first kappa shape index (κ1) is 17.5. The van der Waals surface area contributed by atoms with Gasteiger partial charge in [0, 0.05) is 6.54 Å². The van der Waals surface area contributed by atoms with Crippen molar-refractivity contribution in [1.29, 1.82) is 0 Å². The maximum Gasteiger partial charge on any atom is 0.573 e. The molecule has 0 amide bonds. The van der Waals surface area contributed by atoms with Crippen LogP contribution in [0.2, 0.25) is 0 Å². The highest BCUT2D eigenvalue weighted by atomic mass is 32.2. The summed E-state index contributed by atoms with van der Waals surface area (Å²) >= 11 is 0. The lowest BCUT2D eigenvalue weighted by molar-refractivity contribution is -0.275. The van der Waals surface area contributed by atoms with Crippen LogP contribution in [0.25, 0.3) is 0 Å². The molecule has 1 fully saturated rings. The van der Waals surface area contributed by atoms with Crippen molar-refractivity contribution >= 4 is 16.0 Å². The second kappa shape index (κ2) is 5.96. The molecular formula is C12H11F4NO5S. The molecule has 1 aliphatic heterocycles. The number of hydrogen-bond donors (Lipinski definition) is 1. The number of halogens is 4. The van der Waals surface area contributed by atoms with Gasteiger partial charge >= 0.3 is 12.3 Å². The summed E-state index contributed by atoms with van der Waals surface area (Å²) in [6.45, 7) is -0.164. The summed E-state index contributed by atoms with van der Waals surface area (Å²) in [6.07, 6.45) is -4.91. The van der Waals surface area contributed by atoms with Crippen LogP contribution in [0, 0.1) is 5.82 Å². The predicted octanol–water partition coefficient (Wildman–Crippen LogP) is 1.96. The van der Waals surface area contributed by atoms with Crippen LogP contribution in [-0.2, 0) is 14.8 Å². The fraction of sp³-hybridized carbons (Fsp3) is 0.417. The summed E-state index contributed by atoms with van der Waals surface area (Å²) in [5.41, 5.74) is 0. The first-order valence-electron chi connectivity index (χ1n) is 6.33. The molecular weight excluding hydrogens is 346 g/mol. The van der Waals surface area contributed by atoms with Crippen molar-refractivity contribution < 1.29 is 40.6 Å². The summed E-state index contributed by atoms with van der Waals surface area (Å²) < 4.78 is 79.4. The van der Waals surface area contributed by atoms with E-state index in [-0.39, 0.29) is 19.4 Å². The van der Waals surface area contributed by atoms with Gasteiger partial charge in [0.15, 0.2) is 11.6 Å². The van der Waals surface area contributed by atoms with Crippen LogP contribution >= 0.6 is 0 Å².